The zero-order chi connectivity index (χ0) is 15.4. The molecule has 0 spiro atoms. The average molecular weight is 318 g/mol. The van der Waals surface area contributed by atoms with Crippen molar-refractivity contribution in [2.24, 2.45) is 0 Å². The van der Waals surface area contributed by atoms with E-state index in [1.165, 1.54) is 11.8 Å². The Hall–Kier alpha value is -2.42. The predicted octanol–water partition coefficient (Wildman–Crippen LogP) is 2.04. The quantitative estimate of drug-likeness (QED) is 0.638. The van der Waals surface area contributed by atoms with Crippen molar-refractivity contribution in [2.75, 3.05) is 6.61 Å². The van der Waals surface area contributed by atoms with Crippen LogP contribution in [0.4, 0.5) is 0 Å². The smallest absolute Gasteiger partial charge is 0.226 e. The van der Waals surface area contributed by atoms with Crippen molar-refractivity contribution >= 4 is 11.8 Å². The lowest BCUT2D eigenvalue weighted by Gasteiger charge is -2.10. The van der Waals surface area contributed by atoms with Gasteiger partial charge in [-0.05, 0) is 29.5 Å². The summed E-state index contributed by atoms with van der Waals surface area (Å²) in [5, 5.41) is 20.2. The highest BCUT2D eigenvalue weighted by Crippen LogP contribution is 2.27. The number of nitrogens with zero attached hydrogens (tertiary/aromatic N) is 6. The average Bonchev–Trinajstić information content (AvgIpc) is 3.15. The normalized spacial score (nSPS) is 10.8. The number of hydrogen-bond donors (Lipinski definition) is 0. The molecular weight excluding hydrogens is 304 g/mol. The summed E-state index contributed by atoms with van der Waals surface area (Å²) in [6, 6.07) is 7.61. The Morgan fingerprint density at radius 3 is 2.86 bits per heavy atom. The molecule has 1 aromatic carbocycles. The number of tetrazole rings is 1. The van der Waals surface area contributed by atoms with Crippen molar-refractivity contribution in [1.82, 2.24) is 30.4 Å². The van der Waals surface area contributed by atoms with E-state index in [-0.39, 0.29) is 0 Å². The topological polar surface area (TPSA) is 91.8 Å². The molecule has 0 saturated carbocycles. The molecule has 0 aliphatic rings. The highest BCUT2D eigenvalue weighted by Gasteiger charge is 2.14. The molecule has 0 aliphatic heterocycles. The lowest BCUT2D eigenvalue weighted by Crippen LogP contribution is -2.03. The molecule has 0 N–H and O–H groups in total. The van der Waals surface area contributed by atoms with Gasteiger partial charge < -0.3 is 9.15 Å². The first-order valence-corrected chi connectivity index (χ1v) is 7.69. The maximum Gasteiger partial charge on any atom is 0.226 e. The van der Waals surface area contributed by atoms with E-state index < -0.39 is 0 Å². The second kappa shape index (κ2) is 6.56. The first-order chi connectivity index (χ1) is 10.8. The second-order valence-corrected chi connectivity index (χ2v) is 5.22. The van der Waals surface area contributed by atoms with Crippen molar-refractivity contribution in [3.63, 3.8) is 0 Å². The van der Waals surface area contributed by atoms with E-state index in [2.05, 4.69) is 25.7 Å². The third-order valence-corrected chi connectivity index (χ3v) is 3.63. The fourth-order valence-corrected chi connectivity index (χ4v) is 2.57. The molecule has 0 bridgehead atoms. The van der Waals surface area contributed by atoms with Crippen LogP contribution in [-0.2, 0) is 5.75 Å². The van der Waals surface area contributed by atoms with Gasteiger partial charge in [-0.1, -0.05) is 23.9 Å². The van der Waals surface area contributed by atoms with Gasteiger partial charge in [0.25, 0.3) is 0 Å². The van der Waals surface area contributed by atoms with E-state index in [1.54, 1.807) is 11.6 Å². The minimum Gasteiger partial charge on any atom is -0.492 e. The molecule has 114 valence electrons. The maximum atomic E-state index is 5.62. The summed E-state index contributed by atoms with van der Waals surface area (Å²) >= 11 is 1.42. The molecule has 0 radical (unpaired) electrons. The molecule has 0 saturated heterocycles. The molecule has 0 atom stereocenters. The maximum absolute atomic E-state index is 5.62. The van der Waals surface area contributed by atoms with Crippen LogP contribution in [0.25, 0.3) is 5.69 Å². The Balaban J connectivity index is 1.83. The number of ether oxygens (including phenoxy) is 1. The van der Waals surface area contributed by atoms with E-state index in [4.69, 9.17) is 9.15 Å². The largest absolute Gasteiger partial charge is 0.492 e. The predicted molar refractivity (Wildman–Crippen MR) is 78.9 cm³/mol. The number of thioether (sulfide) groups is 1. The highest BCUT2D eigenvalue weighted by molar-refractivity contribution is 7.98. The van der Waals surface area contributed by atoms with E-state index in [0.717, 1.165) is 11.4 Å². The first-order valence-electron chi connectivity index (χ1n) is 6.70. The Morgan fingerprint density at radius 1 is 1.23 bits per heavy atom. The number of aryl methyl sites for hydroxylation is 1. The van der Waals surface area contributed by atoms with Crippen LogP contribution in [0.15, 0.2) is 33.8 Å². The minimum atomic E-state index is 0.498. The minimum absolute atomic E-state index is 0.498. The SMILES string of the molecule is CCOc1ccccc1-n1nnnc1SCc1nnc(C)o1. The summed E-state index contributed by atoms with van der Waals surface area (Å²) in [5.74, 6) is 2.30. The van der Waals surface area contributed by atoms with Gasteiger partial charge >= 0.3 is 0 Å². The van der Waals surface area contributed by atoms with Gasteiger partial charge in [-0.25, -0.2) is 0 Å². The Morgan fingerprint density at radius 2 is 2.09 bits per heavy atom. The molecule has 9 heteroatoms. The van der Waals surface area contributed by atoms with E-state index >= 15 is 0 Å². The molecule has 0 unspecified atom stereocenters. The van der Waals surface area contributed by atoms with Gasteiger partial charge in [-0.15, -0.1) is 15.3 Å². The van der Waals surface area contributed by atoms with Gasteiger partial charge in [-0.3, -0.25) is 0 Å². The number of rotatable bonds is 6. The van der Waals surface area contributed by atoms with Crippen LogP contribution in [-0.4, -0.2) is 37.0 Å². The summed E-state index contributed by atoms with van der Waals surface area (Å²) in [6.45, 7) is 4.26. The monoisotopic (exact) mass is 318 g/mol. The summed E-state index contributed by atoms with van der Waals surface area (Å²) < 4.78 is 12.6. The van der Waals surface area contributed by atoms with Gasteiger partial charge in [-0.2, -0.15) is 4.68 Å². The number of benzene rings is 1. The molecule has 3 rings (SSSR count). The van der Waals surface area contributed by atoms with Crippen LogP contribution in [0, 0.1) is 6.92 Å². The van der Waals surface area contributed by atoms with Gasteiger partial charge in [0, 0.05) is 6.92 Å². The summed E-state index contributed by atoms with van der Waals surface area (Å²) in [5.41, 5.74) is 0.790. The molecule has 22 heavy (non-hydrogen) atoms. The van der Waals surface area contributed by atoms with Crippen molar-refractivity contribution < 1.29 is 9.15 Å². The fraction of sp³-hybridized carbons (Fsp3) is 0.308. The number of aromatic nitrogens is 6. The lowest BCUT2D eigenvalue weighted by atomic mass is 10.3. The van der Waals surface area contributed by atoms with Gasteiger partial charge in [0.15, 0.2) is 0 Å². The molecule has 0 amide bonds. The van der Waals surface area contributed by atoms with Crippen LogP contribution >= 0.6 is 11.8 Å². The van der Waals surface area contributed by atoms with Crippen molar-refractivity contribution in [1.29, 1.82) is 0 Å². The van der Waals surface area contributed by atoms with Crippen molar-refractivity contribution in [3.8, 4) is 11.4 Å². The van der Waals surface area contributed by atoms with Gasteiger partial charge in [0.2, 0.25) is 16.9 Å². The fourth-order valence-electron chi connectivity index (χ4n) is 1.85. The van der Waals surface area contributed by atoms with Crippen LogP contribution in [0.1, 0.15) is 18.7 Å². The van der Waals surface area contributed by atoms with E-state index in [0.29, 0.717) is 29.3 Å². The molecule has 2 aromatic heterocycles. The standard InChI is InChI=1S/C13H14N6O2S/c1-3-20-11-7-5-4-6-10(11)19-13(16-17-18-19)22-8-12-15-14-9(2)21-12/h4-7H,3,8H2,1-2H3. The van der Waals surface area contributed by atoms with Crippen LogP contribution in [0.3, 0.4) is 0 Å². The Labute approximate surface area is 130 Å². The summed E-state index contributed by atoms with van der Waals surface area (Å²) in [7, 11) is 0. The molecule has 2 heterocycles. The molecular formula is C13H14N6O2S. The first kappa shape index (κ1) is 14.5. The molecule has 0 fully saturated rings. The van der Waals surface area contributed by atoms with Gasteiger partial charge in [0.1, 0.15) is 11.4 Å². The van der Waals surface area contributed by atoms with Gasteiger partial charge in [0.05, 0.1) is 12.4 Å². The van der Waals surface area contributed by atoms with Crippen LogP contribution < -0.4 is 4.74 Å². The molecule has 0 aliphatic carbocycles. The summed E-state index contributed by atoms with van der Waals surface area (Å²) in [6.07, 6.45) is 0. The van der Waals surface area contributed by atoms with Crippen LogP contribution in [0.5, 0.6) is 5.75 Å². The van der Waals surface area contributed by atoms with Crippen LogP contribution in [0.2, 0.25) is 0 Å². The third-order valence-electron chi connectivity index (χ3n) is 2.73. The van der Waals surface area contributed by atoms with Crippen molar-refractivity contribution in [2.45, 2.75) is 24.8 Å². The molecule has 8 nitrogen and oxygen atoms in total. The lowest BCUT2D eigenvalue weighted by molar-refractivity contribution is 0.337. The van der Waals surface area contributed by atoms with E-state index in [9.17, 15) is 0 Å². The number of para-hydroxylation sites is 2. The zero-order valence-electron chi connectivity index (χ0n) is 12.1. The van der Waals surface area contributed by atoms with E-state index in [1.807, 2.05) is 31.2 Å². The highest BCUT2D eigenvalue weighted by atomic mass is 32.2. The summed E-state index contributed by atoms with van der Waals surface area (Å²) in [4.78, 5) is 0. The Bertz CT molecular complexity index is 756. The molecule has 3 aromatic rings. The Kier molecular flexibility index (Phi) is 4.33. The third kappa shape index (κ3) is 3.08. The number of hydrogen-bond acceptors (Lipinski definition) is 8. The second-order valence-electron chi connectivity index (χ2n) is 4.28. The zero-order valence-corrected chi connectivity index (χ0v) is 12.9. The van der Waals surface area contributed by atoms with Crippen molar-refractivity contribution in [3.05, 3.63) is 36.0 Å².